The molecular formula is C18H11N7. The summed E-state index contributed by atoms with van der Waals surface area (Å²) in [6.45, 7) is 0. The molecule has 0 saturated carbocycles. The molecule has 0 aliphatic rings. The topological polar surface area (TPSA) is 114 Å². The SMILES string of the molecule is N#Cc1nc(-c2ccc3ncccc3c2)c(-c2ccncn2)nc1N. The molecule has 0 radical (unpaired) electrons. The van der Waals surface area contributed by atoms with Crippen LogP contribution in [0.25, 0.3) is 33.5 Å². The zero-order chi connectivity index (χ0) is 17.2. The zero-order valence-corrected chi connectivity index (χ0v) is 13.0. The molecule has 25 heavy (non-hydrogen) atoms. The van der Waals surface area contributed by atoms with Gasteiger partial charge in [0.1, 0.15) is 18.1 Å². The van der Waals surface area contributed by atoms with Crippen LogP contribution in [0, 0.1) is 11.3 Å². The van der Waals surface area contributed by atoms with E-state index in [-0.39, 0.29) is 11.5 Å². The van der Waals surface area contributed by atoms with Gasteiger partial charge in [0.15, 0.2) is 11.5 Å². The Morgan fingerprint density at radius 2 is 1.88 bits per heavy atom. The Balaban J connectivity index is 2.00. The fraction of sp³-hybridized carbons (Fsp3) is 0. The van der Waals surface area contributed by atoms with Crippen molar-refractivity contribution in [3.8, 4) is 28.7 Å². The maximum absolute atomic E-state index is 9.25. The predicted molar refractivity (Wildman–Crippen MR) is 92.9 cm³/mol. The molecule has 4 rings (SSSR count). The fourth-order valence-corrected chi connectivity index (χ4v) is 2.56. The van der Waals surface area contributed by atoms with Gasteiger partial charge in [-0.1, -0.05) is 12.1 Å². The first-order chi connectivity index (χ1) is 12.3. The van der Waals surface area contributed by atoms with Crippen LogP contribution in [0.4, 0.5) is 5.82 Å². The zero-order valence-electron chi connectivity index (χ0n) is 13.0. The molecule has 0 amide bonds. The molecule has 118 valence electrons. The fourth-order valence-electron chi connectivity index (χ4n) is 2.56. The van der Waals surface area contributed by atoms with E-state index in [0.717, 1.165) is 16.5 Å². The van der Waals surface area contributed by atoms with Gasteiger partial charge in [0.25, 0.3) is 0 Å². The number of pyridine rings is 1. The van der Waals surface area contributed by atoms with Crippen LogP contribution in [0.3, 0.4) is 0 Å². The highest BCUT2D eigenvalue weighted by Gasteiger charge is 2.16. The largest absolute Gasteiger partial charge is 0.381 e. The van der Waals surface area contributed by atoms with Gasteiger partial charge in [0.05, 0.1) is 16.9 Å². The predicted octanol–water partition coefficient (Wildman–Crippen LogP) is 2.60. The van der Waals surface area contributed by atoms with Crippen molar-refractivity contribution in [2.45, 2.75) is 0 Å². The molecule has 3 heterocycles. The summed E-state index contributed by atoms with van der Waals surface area (Å²) in [6.07, 6.45) is 4.79. The van der Waals surface area contributed by atoms with Crippen molar-refractivity contribution < 1.29 is 0 Å². The van der Waals surface area contributed by atoms with Crippen molar-refractivity contribution in [2.75, 3.05) is 5.73 Å². The van der Waals surface area contributed by atoms with Gasteiger partial charge < -0.3 is 5.73 Å². The van der Waals surface area contributed by atoms with Crippen molar-refractivity contribution in [3.05, 3.63) is 60.8 Å². The van der Waals surface area contributed by atoms with Crippen LogP contribution in [0.1, 0.15) is 5.69 Å². The summed E-state index contributed by atoms with van der Waals surface area (Å²) in [6, 6.07) is 13.3. The Morgan fingerprint density at radius 3 is 2.68 bits per heavy atom. The van der Waals surface area contributed by atoms with Crippen LogP contribution in [0.5, 0.6) is 0 Å². The number of aromatic nitrogens is 5. The van der Waals surface area contributed by atoms with Gasteiger partial charge in [-0.2, -0.15) is 5.26 Å². The number of hydrogen-bond donors (Lipinski definition) is 1. The highest BCUT2D eigenvalue weighted by atomic mass is 15.0. The molecule has 7 heteroatoms. The number of nitrogen functional groups attached to an aromatic ring is 1. The second-order valence-electron chi connectivity index (χ2n) is 5.27. The third-order valence-electron chi connectivity index (χ3n) is 3.73. The molecule has 4 aromatic rings. The molecule has 0 bridgehead atoms. The van der Waals surface area contributed by atoms with Crippen LogP contribution in [0.2, 0.25) is 0 Å². The van der Waals surface area contributed by atoms with Crippen molar-refractivity contribution in [3.63, 3.8) is 0 Å². The Hall–Kier alpha value is -3.92. The van der Waals surface area contributed by atoms with E-state index in [2.05, 4.69) is 24.9 Å². The molecule has 0 atom stereocenters. The van der Waals surface area contributed by atoms with Gasteiger partial charge in [-0.05, 0) is 24.3 Å². The monoisotopic (exact) mass is 325 g/mol. The molecule has 0 spiro atoms. The quantitative estimate of drug-likeness (QED) is 0.602. The van der Waals surface area contributed by atoms with E-state index >= 15 is 0 Å². The summed E-state index contributed by atoms with van der Waals surface area (Å²) in [5, 5.41) is 10.2. The van der Waals surface area contributed by atoms with Gasteiger partial charge >= 0.3 is 0 Å². The highest BCUT2D eigenvalue weighted by molar-refractivity contribution is 5.87. The number of nitrogens with zero attached hydrogens (tertiary/aromatic N) is 6. The van der Waals surface area contributed by atoms with Gasteiger partial charge in [-0.25, -0.2) is 19.9 Å². The molecule has 0 saturated heterocycles. The highest BCUT2D eigenvalue weighted by Crippen LogP contribution is 2.30. The van der Waals surface area contributed by atoms with E-state index < -0.39 is 0 Å². The minimum Gasteiger partial charge on any atom is -0.381 e. The molecular weight excluding hydrogens is 314 g/mol. The summed E-state index contributed by atoms with van der Waals surface area (Å²) >= 11 is 0. The van der Waals surface area contributed by atoms with E-state index in [1.807, 2.05) is 36.4 Å². The van der Waals surface area contributed by atoms with Crippen molar-refractivity contribution in [2.24, 2.45) is 0 Å². The summed E-state index contributed by atoms with van der Waals surface area (Å²) in [5.74, 6) is 0.0716. The van der Waals surface area contributed by atoms with Crippen molar-refractivity contribution >= 4 is 16.7 Å². The Kier molecular flexibility index (Phi) is 3.48. The maximum Gasteiger partial charge on any atom is 0.183 e. The van der Waals surface area contributed by atoms with Crippen LogP contribution in [-0.4, -0.2) is 24.9 Å². The lowest BCUT2D eigenvalue weighted by atomic mass is 10.0. The number of benzene rings is 1. The summed E-state index contributed by atoms with van der Waals surface area (Å²) in [4.78, 5) is 21.2. The molecule has 3 aromatic heterocycles. The second-order valence-corrected chi connectivity index (χ2v) is 5.27. The van der Waals surface area contributed by atoms with E-state index in [0.29, 0.717) is 17.1 Å². The van der Waals surface area contributed by atoms with Gasteiger partial charge in [-0.15, -0.1) is 0 Å². The number of hydrogen-bond acceptors (Lipinski definition) is 7. The maximum atomic E-state index is 9.25. The smallest absolute Gasteiger partial charge is 0.183 e. The van der Waals surface area contributed by atoms with Gasteiger partial charge in [0, 0.05) is 23.3 Å². The van der Waals surface area contributed by atoms with Crippen molar-refractivity contribution in [1.29, 1.82) is 5.26 Å². The third-order valence-corrected chi connectivity index (χ3v) is 3.73. The first kappa shape index (κ1) is 14.7. The first-order valence-electron chi connectivity index (χ1n) is 7.45. The molecule has 1 aromatic carbocycles. The van der Waals surface area contributed by atoms with E-state index in [1.54, 1.807) is 18.5 Å². The average molecular weight is 325 g/mol. The molecule has 0 aliphatic heterocycles. The first-order valence-corrected chi connectivity index (χ1v) is 7.45. The van der Waals surface area contributed by atoms with Crippen LogP contribution in [0.15, 0.2) is 55.1 Å². The van der Waals surface area contributed by atoms with E-state index in [4.69, 9.17) is 5.73 Å². The number of anilines is 1. The van der Waals surface area contributed by atoms with Crippen LogP contribution >= 0.6 is 0 Å². The Morgan fingerprint density at radius 1 is 0.960 bits per heavy atom. The van der Waals surface area contributed by atoms with Gasteiger partial charge in [0.2, 0.25) is 0 Å². The number of nitrogens with two attached hydrogens (primary N) is 1. The average Bonchev–Trinajstić information content (AvgIpc) is 2.68. The second kappa shape index (κ2) is 5.94. The minimum atomic E-state index is 0.0716. The number of nitriles is 1. The third kappa shape index (κ3) is 2.62. The number of rotatable bonds is 2. The lowest BCUT2D eigenvalue weighted by molar-refractivity contribution is 1.13. The van der Waals surface area contributed by atoms with Crippen LogP contribution < -0.4 is 5.73 Å². The summed E-state index contributed by atoms with van der Waals surface area (Å²) < 4.78 is 0. The summed E-state index contributed by atoms with van der Waals surface area (Å²) in [5.41, 5.74) is 9.24. The van der Waals surface area contributed by atoms with Crippen LogP contribution in [-0.2, 0) is 0 Å². The van der Waals surface area contributed by atoms with Gasteiger partial charge in [-0.3, -0.25) is 4.98 Å². The molecule has 0 unspecified atom stereocenters. The molecule has 7 nitrogen and oxygen atoms in total. The van der Waals surface area contributed by atoms with Crippen molar-refractivity contribution in [1.82, 2.24) is 24.9 Å². The minimum absolute atomic E-state index is 0.0716. The van der Waals surface area contributed by atoms with E-state index in [1.165, 1.54) is 6.33 Å². The Labute approximate surface area is 142 Å². The standard InChI is InChI=1S/C18H11N7/c19-9-15-18(20)25-17(14-5-7-21-10-23-14)16(24-15)12-3-4-13-11(8-12)2-1-6-22-13/h1-8,10H,(H2,20,25). The normalized spacial score (nSPS) is 10.5. The molecule has 0 fully saturated rings. The lowest BCUT2D eigenvalue weighted by Gasteiger charge is -2.10. The number of fused-ring (bicyclic) bond motifs is 1. The Bertz CT molecular complexity index is 1120. The van der Waals surface area contributed by atoms with E-state index in [9.17, 15) is 5.26 Å². The molecule has 0 aliphatic carbocycles. The lowest BCUT2D eigenvalue weighted by Crippen LogP contribution is -2.04. The summed E-state index contributed by atoms with van der Waals surface area (Å²) in [7, 11) is 0. The molecule has 2 N–H and O–H groups in total.